The Morgan fingerprint density at radius 1 is 1.35 bits per heavy atom. The molecule has 0 saturated heterocycles. The van der Waals surface area contributed by atoms with Gasteiger partial charge >= 0.3 is 0 Å². The first-order chi connectivity index (χ1) is 9.60. The maximum absolute atomic E-state index is 13.7. The lowest BCUT2D eigenvalue weighted by atomic mass is 10.3. The van der Waals surface area contributed by atoms with Crippen LogP contribution in [0.15, 0.2) is 24.4 Å². The molecule has 0 atom stereocenters. The van der Waals surface area contributed by atoms with E-state index in [0.717, 1.165) is 5.82 Å². The minimum absolute atomic E-state index is 0.0561. The molecule has 2 aromatic heterocycles. The molecule has 0 N–H and O–H groups in total. The second kappa shape index (κ2) is 5.07. The number of rotatable bonds is 3. The van der Waals surface area contributed by atoms with Crippen molar-refractivity contribution in [1.82, 2.24) is 19.3 Å². The summed E-state index contributed by atoms with van der Waals surface area (Å²) >= 11 is 11.6. The van der Waals surface area contributed by atoms with Crippen LogP contribution in [0.25, 0.3) is 16.9 Å². The molecule has 20 heavy (non-hydrogen) atoms. The molecule has 1 aromatic carbocycles. The van der Waals surface area contributed by atoms with Crippen molar-refractivity contribution in [3.8, 4) is 5.82 Å². The number of nitrogens with zero attached hydrogens (tertiary/aromatic N) is 4. The lowest BCUT2D eigenvalue weighted by Gasteiger charge is -2.04. The lowest BCUT2D eigenvalue weighted by Crippen LogP contribution is -2.03. The fraction of sp³-hybridized carbons (Fsp3) is 0.231. The monoisotopic (exact) mass is 312 g/mol. The summed E-state index contributed by atoms with van der Waals surface area (Å²) in [5.41, 5.74) is 1.26. The van der Waals surface area contributed by atoms with E-state index >= 15 is 0 Å². The highest BCUT2D eigenvalue weighted by molar-refractivity contribution is 6.31. The number of halogens is 3. The first-order valence-electron chi connectivity index (χ1n) is 6.02. The van der Waals surface area contributed by atoms with Crippen LogP contribution in [-0.4, -0.2) is 25.2 Å². The van der Waals surface area contributed by atoms with E-state index in [1.807, 2.05) is 19.3 Å². The largest absolute Gasteiger partial charge is 0.279 e. The van der Waals surface area contributed by atoms with Crippen molar-refractivity contribution in [2.75, 3.05) is 5.88 Å². The third kappa shape index (κ3) is 2.17. The quantitative estimate of drug-likeness (QED) is 0.695. The Morgan fingerprint density at radius 3 is 2.80 bits per heavy atom. The fourth-order valence-electron chi connectivity index (χ4n) is 2.15. The van der Waals surface area contributed by atoms with Crippen LogP contribution in [0.5, 0.6) is 0 Å². The second-order valence-electron chi connectivity index (χ2n) is 4.41. The predicted octanol–water partition coefficient (Wildman–Crippen LogP) is 3.33. The molecular formula is C13H11Cl2FN4. The third-order valence-corrected chi connectivity index (χ3v) is 3.49. The topological polar surface area (TPSA) is 35.6 Å². The summed E-state index contributed by atoms with van der Waals surface area (Å²) in [4.78, 5) is 4.47. The van der Waals surface area contributed by atoms with E-state index in [0.29, 0.717) is 29.2 Å². The highest BCUT2D eigenvalue weighted by Crippen LogP contribution is 2.26. The normalized spacial score (nSPS) is 11.4. The van der Waals surface area contributed by atoms with E-state index in [4.69, 9.17) is 23.2 Å². The number of fused-ring (bicyclic) bond motifs is 1. The molecule has 0 amide bonds. The van der Waals surface area contributed by atoms with Crippen molar-refractivity contribution in [1.29, 1.82) is 0 Å². The van der Waals surface area contributed by atoms with Crippen LogP contribution in [0.1, 0.15) is 5.82 Å². The van der Waals surface area contributed by atoms with Gasteiger partial charge in [-0.1, -0.05) is 11.6 Å². The minimum atomic E-state index is -0.478. The first kappa shape index (κ1) is 13.4. The minimum Gasteiger partial charge on any atom is -0.279 e. The van der Waals surface area contributed by atoms with Crippen LogP contribution in [0.2, 0.25) is 5.02 Å². The Bertz CT molecular complexity index is 778. The third-order valence-electron chi connectivity index (χ3n) is 3.01. The molecule has 0 unspecified atom stereocenters. The van der Waals surface area contributed by atoms with Crippen molar-refractivity contribution in [2.24, 2.45) is 7.05 Å². The highest BCUT2D eigenvalue weighted by Gasteiger charge is 2.16. The predicted molar refractivity (Wildman–Crippen MR) is 77.2 cm³/mol. The molecule has 0 spiro atoms. The molecule has 104 valence electrons. The number of aryl methyl sites for hydroxylation is 2. The number of alkyl halides is 1. The maximum atomic E-state index is 13.7. The summed E-state index contributed by atoms with van der Waals surface area (Å²) in [7, 11) is 1.82. The van der Waals surface area contributed by atoms with E-state index in [9.17, 15) is 4.39 Å². The smallest absolute Gasteiger partial charge is 0.160 e. The van der Waals surface area contributed by atoms with Crippen LogP contribution in [0, 0.1) is 5.82 Å². The van der Waals surface area contributed by atoms with Gasteiger partial charge in [0, 0.05) is 37.7 Å². The number of hydrogen-bond donors (Lipinski definition) is 0. The molecule has 0 aliphatic rings. The number of imidazole rings is 1. The van der Waals surface area contributed by atoms with Gasteiger partial charge in [0.05, 0.1) is 16.1 Å². The van der Waals surface area contributed by atoms with Crippen molar-refractivity contribution in [2.45, 2.75) is 6.42 Å². The Labute approximate surface area is 124 Å². The first-order valence-corrected chi connectivity index (χ1v) is 6.94. The molecule has 0 aliphatic heterocycles. The molecule has 0 radical (unpaired) electrons. The van der Waals surface area contributed by atoms with Gasteiger partial charge in [-0.15, -0.1) is 11.6 Å². The zero-order valence-corrected chi connectivity index (χ0v) is 12.2. The Kier molecular flexibility index (Phi) is 3.40. The van der Waals surface area contributed by atoms with Crippen LogP contribution in [0.4, 0.5) is 4.39 Å². The molecule has 2 heterocycles. The van der Waals surface area contributed by atoms with E-state index in [1.54, 1.807) is 9.25 Å². The van der Waals surface area contributed by atoms with Crippen LogP contribution < -0.4 is 0 Å². The number of benzene rings is 1. The van der Waals surface area contributed by atoms with Crippen molar-refractivity contribution in [3.63, 3.8) is 0 Å². The SMILES string of the molecule is Cn1ccc(-n2c(CCCl)nc3cc(Cl)c(F)cc32)n1. The Hall–Kier alpha value is -1.59. The van der Waals surface area contributed by atoms with E-state index < -0.39 is 5.82 Å². The summed E-state index contributed by atoms with van der Waals surface area (Å²) in [5.74, 6) is 1.35. The van der Waals surface area contributed by atoms with Gasteiger partial charge in [-0.2, -0.15) is 5.10 Å². The Balaban J connectivity index is 2.31. The zero-order chi connectivity index (χ0) is 14.3. The lowest BCUT2D eigenvalue weighted by molar-refractivity contribution is 0.629. The van der Waals surface area contributed by atoms with Crippen molar-refractivity contribution >= 4 is 34.2 Å². The van der Waals surface area contributed by atoms with Crippen LogP contribution in [-0.2, 0) is 13.5 Å². The van der Waals surface area contributed by atoms with E-state index in [2.05, 4.69) is 10.1 Å². The summed E-state index contributed by atoms with van der Waals surface area (Å²) < 4.78 is 17.2. The molecule has 3 rings (SSSR count). The van der Waals surface area contributed by atoms with E-state index in [-0.39, 0.29) is 5.02 Å². The van der Waals surface area contributed by atoms with Gasteiger partial charge in [-0.05, 0) is 6.07 Å². The van der Waals surface area contributed by atoms with Crippen molar-refractivity contribution in [3.05, 3.63) is 41.1 Å². The molecule has 0 bridgehead atoms. The van der Waals surface area contributed by atoms with Gasteiger partial charge in [0.15, 0.2) is 5.82 Å². The fourth-order valence-corrected chi connectivity index (χ4v) is 2.48. The average Bonchev–Trinajstić information content (AvgIpc) is 2.94. The summed E-state index contributed by atoms with van der Waals surface area (Å²) in [6.07, 6.45) is 2.38. The number of aromatic nitrogens is 4. The van der Waals surface area contributed by atoms with E-state index in [1.165, 1.54) is 12.1 Å². The summed E-state index contributed by atoms with van der Waals surface area (Å²) in [6.45, 7) is 0. The molecular weight excluding hydrogens is 302 g/mol. The summed E-state index contributed by atoms with van der Waals surface area (Å²) in [6, 6.07) is 4.73. The highest BCUT2D eigenvalue weighted by atomic mass is 35.5. The number of hydrogen-bond acceptors (Lipinski definition) is 2. The average molecular weight is 313 g/mol. The van der Waals surface area contributed by atoms with Crippen LogP contribution >= 0.6 is 23.2 Å². The van der Waals surface area contributed by atoms with Gasteiger partial charge in [-0.3, -0.25) is 9.25 Å². The summed E-state index contributed by atoms with van der Waals surface area (Å²) in [5, 5.41) is 4.40. The standard InChI is InChI=1S/C13H11Cl2FN4/c1-19-5-3-13(18-19)20-11-7-9(16)8(15)6-10(11)17-12(20)2-4-14/h3,5-7H,2,4H2,1H3. The molecule has 0 aliphatic carbocycles. The molecule has 0 fully saturated rings. The van der Waals surface area contributed by atoms with Crippen LogP contribution in [0.3, 0.4) is 0 Å². The van der Waals surface area contributed by atoms with Gasteiger partial charge in [0.1, 0.15) is 11.6 Å². The van der Waals surface area contributed by atoms with Gasteiger partial charge < -0.3 is 0 Å². The molecule has 4 nitrogen and oxygen atoms in total. The second-order valence-corrected chi connectivity index (χ2v) is 5.19. The molecule has 0 saturated carbocycles. The van der Waals surface area contributed by atoms with Crippen molar-refractivity contribution < 1.29 is 4.39 Å². The molecule has 3 aromatic rings. The molecule has 7 heteroatoms. The van der Waals surface area contributed by atoms with Gasteiger partial charge in [-0.25, -0.2) is 9.37 Å². The zero-order valence-electron chi connectivity index (χ0n) is 10.6. The van der Waals surface area contributed by atoms with Gasteiger partial charge in [0.2, 0.25) is 0 Å². The van der Waals surface area contributed by atoms with Gasteiger partial charge in [0.25, 0.3) is 0 Å². The maximum Gasteiger partial charge on any atom is 0.160 e. The Morgan fingerprint density at radius 2 is 2.15 bits per heavy atom.